The summed E-state index contributed by atoms with van der Waals surface area (Å²) >= 11 is 0. The summed E-state index contributed by atoms with van der Waals surface area (Å²) < 4.78 is 5.42. The van der Waals surface area contributed by atoms with Crippen LogP contribution >= 0.6 is 0 Å². The number of nitriles is 1. The van der Waals surface area contributed by atoms with E-state index in [9.17, 15) is 9.59 Å². The minimum atomic E-state index is -0.506. The molecule has 0 saturated carbocycles. The molecule has 0 aliphatic carbocycles. The molecule has 1 unspecified atom stereocenters. The number of piperidine rings is 1. The summed E-state index contributed by atoms with van der Waals surface area (Å²) in [5, 5.41) is 11.7. The Morgan fingerprint density at radius 1 is 1.32 bits per heavy atom. The predicted octanol–water partition coefficient (Wildman–Crippen LogP) is 2.94. The van der Waals surface area contributed by atoms with Gasteiger partial charge in [0.15, 0.2) is 0 Å². The lowest BCUT2D eigenvalue weighted by molar-refractivity contribution is 0.0167. The minimum absolute atomic E-state index is 0.168. The van der Waals surface area contributed by atoms with Crippen molar-refractivity contribution >= 4 is 12.0 Å². The molecule has 6 nitrogen and oxygen atoms in total. The first-order valence-electron chi connectivity index (χ1n) is 8.55. The molecular weight excluding hydrogens is 318 g/mol. The fourth-order valence-electron chi connectivity index (χ4n) is 2.76. The maximum Gasteiger partial charge on any atom is 0.410 e. The largest absolute Gasteiger partial charge is 0.444 e. The molecule has 25 heavy (non-hydrogen) atoms. The van der Waals surface area contributed by atoms with Crippen molar-refractivity contribution in [3.8, 4) is 6.07 Å². The average Bonchev–Trinajstić information content (AvgIpc) is 2.58. The second-order valence-electron chi connectivity index (χ2n) is 7.33. The number of carbonyl (C=O) groups excluding carboxylic acids is 2. The number of nitrogens with one attached hydrogen (secondary N) is 1. The van der Waals surface area contributed by atoms with Crippen molar-refractivity contribution < 1.29 is 14.3 Å². The van der Waals surface area contributed by atoms with E-state index in [0.717, 1.165) is 12.8 Å². The van der Waals surface area contributed by atoms with Crippen molar-refractivity contribution in [1.29, 1.82) is 5.26 Å². The Labute approximate surface area is 148 Å². The van der Waals surface area contributed by atoms with Crippen LogP contribution in [0.1, 0.15) is 49.5 Å². The maximum atomic E-state index is 12.2. The maximum absolute atomic E-state index is 12.2. The Morgan fingerprint density at radius 3 is 2.60 bits per heavy atom. The van der Waals surface area contributed by atoms with Gasteiger partial charge in [0.25, 0.3) is 5.91 Å². The van der Waals surface area contributed by atoms with Crippen molar-refractivity contribution in [3.63, 3.8) is 0 Å². The summed E-state index contributed by atoms with van der Waals surface area (Å²) in [6.07, 6.45) is 1.57. The topological polar surface area (TPSA) is 82.4 Å². The molecule has 134 valence electrons. The van der Waals surface area contributed by atoms with Crippen molar-refractivity contribution in [3.05, 3.63) is 35.4 Å². The van der Waals surface area contributed by atoms with E-state index in [1.54, 1.807) is 29.2 Å². The Hall–Kier alpha value is -2.55. The summed E-state index contributed by atoms with van der Waals surface area (Å²) in [6, 6.07) is 8.56. The molecular formula is C19H25N3O3. The fraction of sp³-hybridized carbons (Fsp3) is 0.526. The van der Waals surface area contributed by atoms with Crippen LogP contribution in [0.4, 0.5) is 4.79 Å². The molecule has 2 amide bonds. The Morgan fingerprint density at radius 2 is 2.00 bits per heavy atom. The van der Waals surface area contributed by atoms with Crippen molar-refractivity contribution in [1.82, 2.24) is 10.2 Å². The van der Waals surface area contributed by atoms with E-state index < -0.39 is 5.60 Å². The molecule has 1 aliphatic rings. The average molecular weight is 343 g/mol. The number of hydrogen-bond acceptors (Lipinski definition) is 4. The van der Waals surface area contributed by atoms with E-state index in [1.807, 2.05) is 26.8 Å². The van der Waals surface area contributed by atoms with Gasteiger partial charge in [0.05, 0.1) is 11.6 Å². The van der Waals surface area contributed by atoms with E-state index >= 15 is 0 Å². The minimum Gasteiger partial charge on any atom is -0.444 e. The Kier molecular flexibility index (Phi) is 6.02. The van der Waals surface area contributed by atoms with Crippen LogP contribution in [0.3, 0.4) is 0 Å². The summed E-state index contributed by atoms with van der Waals surface area (Å²) in [7, 11) is 0. The van der Waals surface area contributed by atoms with Gasteiger partial charge in [-0.2, -0.15) is 5.26 Å². The summed E-state index contributed by atoms with van der Waals surface area (Å²) in [4.78, 5) is 26.1. The highest BCUT2D eigenvalue weighted by molar-refractivity contribution is 5.94. The summed E-state index contributed by atoms with van der Waals surface area (Å²) in [5.41, 5.74) is 0.545. The first kappa shape index (κ1) is 18.8. The highest BCUT2D eigenvalue weighted by Crippen LogP contribution is 2.19. The van der Waals surface area contributed by atoms with E-state index in [0.29, 0.717) is 30.8 Å². The number of benzene rings is 1. The van der Waals surface area contributed by atoms with Crippen LogP contribution in [-0.4, -0.2) is 42.1 Å². The Bertz CT molecular complexity index is 656. The van der Waals surface area contributed by atoms with Gasteiger partial charge in [0, 0.05) is 25.2 Å². The van der Waals surface area contributed by atoms with Crippen LogP contribution < -0.4 is 5.32 Å². The quantitative estimate of drug-likeness (QED) is 0.915. The number of nitrogens with zero attached hydrogens (tertiary/aromatic N) is 2. The van der Waals surface area contributed by atoms with Crippen LogP contribution in [0.2, 0.25) is 0 Å². The van der Waals surface area contributed by atoms with Gasteiger partial charge in [-0.05, 0) is 63.8 Å². The molecule has 0 bridgehead atoms. The number of amides is 2. The molecule has 1 atom stereocenters. The lowest BCUT2D eigenvalue weighted by atomic mass is 9.98. The van der Waals surface area contributed by atoms with Crippen LogP contribution in [-0.2, 0) is 4.74 Å². The second-order valence-corrected chi connectivity index (χ2v) is 7.33. The summed E-state index contributed by atoms with van der Waals surface area (Å²) in [5.74, 6) is 0.0440. The van der Waals surface area contributed by atoms with Gasteiger partial charge in [0.1, 0.15) is 5.60 Å². The molecule has 2 rings (SSSR count). The van der Waals surface area contributed by atoms with Gasteiger partial charge < -0.3 is 15.0 Å². The highest BCUT2D eigenvalue weighted by atomic mass is 16.6. The molecule has 1 aliphatic heterocycles. The van der Waals surface area contributed by atoms with Gasteiger partial charge in [-0.3, -0.25) is 4.79 Å². The number of carbonyl (C=O) groups is 2. The normalized spacial score (nSPS) is 17.5. The molecule has 0 spiro atoms. The smallest absolute Gasteiger partial charge is 0.410 e. The van der Waals surface area contributed by atoms with Crippen LogP contribution in [0, 0.1) is 17.2 Å². The molecule has 1 saturated heterocycles. The van der Waals surface area contributed by atoms with Gasteiger partial charge in [-0.25, -0.2) is 4.79 Å². The second kappa shape index (κ2) is 8.02. The number of rotatable bonds is 3. The third-order valence-electron chi connectivity index (χ3n) is 4.00. The van der Waals surface area contributed by atoms with Crippen LogP contribution in [0.5, 0.6) is 0 Å². The van der Waals surface area contributed by atoms with E-state index in [1.165, 1.54) is 0 Å². The zero-order chi connectivity index (χ0) is 18.4. The fourth-order valence-corrected chi connectivity index (χ4v) is 2.76. The van der Waals surface area contributed by atoms with Crippen molar-refractivity contribution in [2.24, 2.45) is 5.92 Å². The SMILES string of the molecule is CC(C)(C)OC(=O)N1CCCC(CNC(=O)c2ccc(C#N)cc2)C1. The number of hydrogen-bond donors (Lipinski definition) is 1. The molecule has 0 aromatic heterocycles. The van der Waals surface area contributed by atoms with E-state index in [2.05, 4.69) is 5.32 Å². The predicted molar refractivity (Wildman–Crippen MR) is 94.0 cm³/mol. The summed E-state index contributed by atoms with van der Waals surface area (Å²) in [6.45, 7) is 7.34. The first-order valence-corrected chi connectivity index (χ1v) is 8.55. The lowest BCUT2D eigenvalue weighted by Gasteiger charge is -2.34. The van der Waals surface area contributed by atoms with Gasteiger partial charge in [-0.15, -0.1) is 0 Å². The molecule has 0 radical (unpaired) electrons. The molecule has 1 heterocycles. The lowest BCUT2D eigenvalue weighted by Crippen LogP contribution is -2.45. The van der Waals surface area contributed by atoms with Gasteiger partial charge >= 0.3 is 6.09 Å². The van der Waals surface area contributed by atoms with Gasteiger partial charge in [-0.1, -0.05) is 0 Å². The Balaban J connectivity index is 1.84. The zero-order valence-corrected chi connectivity index (χ0v) is 15.0. The molecule has 1 aromatic rings. The molecule has 1 fully saturated rings. The van der Waals surface area contributed by atoms with E-state index in [4.69, 9.17) is 10.00 Å². The van der Waals surface area contributed by atoms with E-state index in [-0.39, 0.29) is 17.9 Å². The zero-order valence-electron chi connectivity index (χ0n) is 15.0. The monoisotopic (exact) mass is 343 g/mol. The van der Waals surface area contributed by atoms with Crippen molar-refractivity contribution in [2.45, 2.75) is 39.2 Å². The molecule has 1 N–H and O–H groups in total. The number of likely N-dealkylation sites (tertiary alicyclic amines) is 1. The van der Waals surface area contributed by atoms with Gasteiger partial charge in [0.2, 0.25) is 0 Å². The van der Waals surface area contributed by atoms with Crippen LogP contribution in [0.15, 0.2) is 24.3 Å². The molecule has 1 aromatic carbocycles. The van der Waals surface area contributed by atoms with Crippen molar-refractivity contribution in [2.75, 3.05) is 19.6 Å². The number of ether oxygens (including phenoxy) is 1. The third kappa shape index (κ3) is 5.79. The standard InChI is InChI=1S/C19H25N3O3/c1-19(2,3)25-18(24)22-10-4-5-15(13-22)12-21-17(23)16-8-6-14(11-20)7-9-16/h6-9,15H,4-5,10,12-13H2,1-3H3,(H,21,23). The third-order valence-corrected chi connectivity index (χ3v) is 4.00. The molecule has 6 heteroatoms. The van der Waals surface area contributed by atoms with Crippen LogP contribution in [0.25, 0.3) is 0 Å². The highest BCUT2D eigenvalue weighted by Gasteiger charge is 2.27. The first-order chi connectivity index (χ1) is 11.8.